The van der Waals surface area contributed by atoms with Gasteiger partial charge >= 0.3 is 0 Å². The second-order valence-corrected chi connectivity index (χ2v) is 29.1. The Labute approximate surface area is 455 Å². The molecule has 2 heterocycles. The molecule has 0 unspecified atom stereocenters. The highest BCUT2D eigenvalue weighted by Crippen LogP contribution is 2.57. The number of allylic oxidation sites excluding steroid dienone is 16. The third-order valence-corrected chi connectivity index (χ3v) is 17.4. The number of anilines is 1. The Morgan fingerprint density at radius 3 is 1.91 bits per heavy atom. The Morgan fingerprint density at radius 1 is 0.770 bits per heavy atom. The maximum atomic E-state index is 6.86. The maximum absolute atomic E-state index is 6.86. The van der Waals surface area contributed by atoms with Crippen LogP contribution in [0.2, 0.25) is 0 Å². The second kappa shape index (κ2) is 22.4. The zero-order valence-corrected chi connectivity index (χ0v) is 51.5. The molecule has 0 spiro atoms. The van der Waals surface area contributed by atoms with Crippen molar-refractivity contribution in [3.63, 3.8) is 0 Å². The highest BCUT2D eigenvalue weighted by atomic mass is 16.3. The second-order valence-electron chi connectivity index (χ2n) is 29.1. The quantitative estimate of drug-likeness (QED) is 0.139. The van der Waals surface area contributed by atoms with E-state index in [1.165, 1.54) is 111 Å². The van der Waals surface area contributed by atoms with E-state index in [-0.39, 0.29) is 37.9 Å². The molecule has 1 aliphatic heterocycles. The summed E-state index contributed by atoms with van der Waals surface area (Å²) in [6.07, 6.45) is 36.9. The number of fused-ring (bicyclic) bond motifs is 3. The van der Waals surface area contributed by atoms with Gasteiger partial charge < -0.3 is 14.2 Å². The minimum Gasteiger partial charge on any atom is -0.462 e. The monoisotopic (exact) mass is 1000 g/mol. The zero-order valence-electron chi connectivity index (χ0n) is 51.5. The van der Waals surface area contributed by atoms with E-state index < -0.39 is 0 Å². The Kier molecular flexibility index (Phi) is 17.9. The third-order valence-electron chi connectivity index (χ3n) is 17.4. The van der Waals surface area contributed by atoms with Gasteiger partial charge in [-0.05, 0) is 206 Å². The largest absolute Gasteiger partial charge is 0.462 e. The Bertz CT molecular complexity index is 2700. The van der Waals surface area contributed by atoms with Gasteiger partial charge in [0, 0.05) is 35.6 Å². The fourth-order valence-corrected chi connectivity index (χ4v) is 12.5. The van der Waals surface area contributed by atoms with Crippen LogP contribution >= 0.6 is 0 Å². The third kappa shape index (κ3) is 13.9. The molecule has 74 heavy (non-hydrogen) atoms. The molecule has 4 aliphatic carbocycles. The molecule has 3 nitrogen and oxygen atoms in total. The molecular weight excluding hydrogens is 896 g/mol. The van der Waals surface area contributed by atoms with E-state index in [1.54, 1.807) is 5.56 Å². The summed E-state index contributed by atoms with van der Waals surface area (Å²) in [5.74, 6) is 0. The summed E-state index contributed by atoms with van der Waals surface area (Å²) in [5.41, 5.74) is 20.8. The van der Waals surface area contributed by atoms with Crippen LogP contribution in [0.3, 0.4) is 0 Å². The van der Waals surface area contributed by atoms with Crippen LogP contribution in [0.5, 0.6) is 0 Å². The molecule has 0 saturated heterocycles. The molecule has 0 N–H and O–H groups in total. The number of rotatable bonds is 14. The zero-order chi connectivity index (χ0) is 55.0. The molecule has 0 atom stereocenters. The summed E-state index contributed by atoms with van der Waals surface area (Å²) in [6.45, 7) is 53.8. The predicted octanol–water partition coefficient (Wildman–Crippen LogP) is 20.9. The van der Waals surface area contributed by atoms with Crippen molar-refractivity contribution in [1.29, 1.82) is 0 Å². The van der Waals surface area contributed by atoms with E-state index >= 15 is 0 Å². The van der Waals surface area contributed by atoms with Gasteiger partial charge in [-0.15, -0.1) is 0 Å². The van der Waals surface area contributed by atoms with Gasteiger partial charge in [-0.25, -0.2) is 0 Å². The van der Waals surface area contributed by atoms with Crippen LogP contribution in [-0.2, 0) is 10.8 Å². The SMILES string of the molecule is CC/C=C(\C(=C/CN1C(C)=C(/C=C\CC(C)(C)C)[B]C(CN(C2=C/CC(C)(C)CCC(C)(C)C/C=C\2)c2coc3cc4c(cc23)C2(C)CCC4(C)CC2)=C1/C=C(C)/C(CC)=C(\C)C=C(C)C)C(C)(C)C)C(C)(C)C. The number of hydrogen-bond acceptors (Lipinski definition) is 3. The summed E-state index contributed by atoms with van der Waals surface area (Å²) in [7, 11) is 2.55. The van der Waals surface area contributed by atoms with Gasteiger partial charge in [0.15, 0.2) is 7.28 Å². The summed E-state index contributed by atoms with van der Waals surface area (Å²) < 4.78 is 6.86. The molecule has 1 saturated carbocycles. The Morgan fingerprint density at radius 2 is 1.35 bits per heavy atom. The van der Waals surface area contributed by atoms with Gasteiger partial charge in [0.25, 0.3) is 0 Å². The van der Waals surface area contributed by atoms with Gasteiger partial charge in [0.1, 0.15) is 11.8 Å². The topological polar surface area (TPSA) is 19.6 Å². The summed E-state index contributed by atoms with van der Waals surface area (Å²) in [5, 5.41) is 1.23. The lowest BCUT2D eigenvalue weighted by Gasteiger charge is -2.52. The number of nitrogens with zero attached hydrogens (tertiary/aromatic N) is 2. The maximum Gasteiger partial charge on any atom is 0.193 e. The highest BCUT2D eigenvalue weighted by Gasteiger charge is 2.48. The fourth-order valence-electron chi connectivity index (χ4n) is 12.5. The van der Waals surface area contributed by atoms with Crippen molar-refractivity contribution in [2.75, 3.05) is 18.0 Å². The first-order valence-electron chi connectivity index (χ1n) is 29.1. The van der Waals surface area contributed by atoms with Crippen LogP contribution < -0.4 is 4.90 Å². The van der Waals surface area contributed by atoms with Gasteiger partial charge in [0.2, 0.25) is 0 Å². The van der Waals surface area contributed by atoms with Gasteiger partial charge in [0.05, 0.1) is 5.69 Å². The van der Waals surface area contributed by atoms with Crippen LogP contribution in [0.4, 0.5) is 5.69 Å². The lowest BCUT2D eigenvalue weighted by molar-refractivity contribution is 0.188. The van der Waals surface area contributed by atoms with Gasteiger partial charge in [-0.3, -0.25) is 0 Å². The molecule has 1 aromatic heterocycles. The van der Waals surface area contributed by atoms with Crippen LogP contribution in [-0.4, -0.2) is 25.3 Å². The van der Waals surface area contributed by atoms with E-state index in [4.69, 9.17) is 4.42 Å². The van der Waals surface area contributed by atoms with Crippen LogP contribution in [0.1, 0.15) is 234 Å². The van der Waals surface area contributed by atoms with E-state index in [2.05, 4.69) is 242 Å². The molecule has 2 aromatic rings. The van der Waals surface area contributed by atoms with Crippen molar-refractivity contribution in [1.82, 2.24) is 4.90 Å². The van der Waals surface area contributed by atoms with E-state index in [1.807, 2.05) is 0 Å². The first kappa shape index (κ1) is 59.1. The summed E-state index contributed by atoms with van der Waals surface area (Å²) in [4.78, 5) is 5.32. The van der Waals surface area contributed by atoms with Crippen molar-refractivity contribution in [2.24, 2.45) is 27.1 Å². The molecule has 4 heteroatoms. The van der Waals surface area contributed by atoms with Crippen LogP contribution in [0.15, 0.2) is 139 Å². The molecular formula is C70H104BN2O. The van der Waals surface area contributed by atoms with E-state index in [9.17, 15) is 0 Å². The predicted molar refractivity (Wildman–Crippen MR) is 327 cm³/mol. The molecule has 7 rings (SSSR count). The highest BCUT2D eigenvalue weighted by molar-refractivity contribution is 6.56. The molecule has 1 fully saturated rings. The Hall–Kier alpha value is -4.18. The van der Waals surface area contributed by atoms with Crippen molar-refractivity contribution in [3.05, 3.63) is 146 Å². The Balaban J connectivity index is 1.71. The normalized spacial score (nSPS) is 24.7. The standard InChI is InChI=1S/C70H104BN2O/c1-23-27-55(65(11,12)13)56(66(14,15)16)31-41-72-51(7)59(29-26-32-64(8,9)10)71-60(61(72)43-50(6)53(24-2)49(5)42-48(3)4)46-73(52-28-25-33-67(17,18)35-36-68(19,20)34-30-52)62-47-74-63-45-58-57(44-54(62)63)69(21)37-39-70(58,22)40-38-69/h25-31,42-45,47H,23-24,32-41,46H2,1-22H3/b28-25-,29-26-,50-43+,52-30+,53-49+,55-27+,56-31+. The minimum atomic E-state index is -0.0510. The van der Waals surface area contributed by atoms with Crippen molar-refractivity contribution in [2.45, 2.75) is 234 Å². The molecule has 5 aliphatic rings. The summed E-state index contributed by atoms with van der Waals surface area (Å²) in [6, 6.07) is 5.03. The van der Waals surface area contributed by atoms with Gasteiger partial charge in [-0.2, -0.15) is 0 Å². The van der Waals surface area contributed by atoms with Gasteiger partial charge in [-0.1, -0.05) is 177 Å². The van der Waals surface area contributed by atoms with Crippen LogP contribution in [0.25, 0.3) is 11.0 Å². The average molecular weight is 1000 g/mol. The fraction of sp³-hybridized carbons (Fsp3) is 0.600. The molecule has 403 valence electrons. The lowest BCUT2D eigenvalue weighted by Crippen LogP contribution is -2.44. The smallest absolute Gasteiger partial charge is 0.193 e. The average Bonchev–Trinajstić information content (AvgIpc) is 3.69. The number of furan rings is 1. The molecule has 0 amide bonds. The van der Waals surface area contributed by atoms with Crippen molar-refractivity contribution < 1.29 is 4.42 Å². The summed E-state index contributed by atoms with van der Waals surface area (Å²) >= 11 is 0. The lowest BCUT2D eigenvalue weighted by atomic mass is 9.52. The van der Waals surface area contributed by atoms with E-state index in [0.717, 1.165) is 49.9 Å². The molecule has 1 radical (unpaired) electrons. The van der Waals surface area contributed by atoms with Crippen molar-refractivity contribution in [3.8, 4) is 0 Å². The number of hydrogen-bond donors (Lipinski definition) is 0. The van der Waals surface area contributed by atoms with Crippen molar-refractivity contribution >= 4 is 23.9 Å². The molecule has 2 bridgehead atoms. The first-order chi connectivity index (χ1) is 34.2. The molecule has 1 aromatic carbocycles. The minimum absolute atomic E-state index is 0.00242. The number of benzene rings is 1. The first-order valence-corrected chi connectivity index (χ1v) is 29.1. The van der Waals surface area contributed by atoms with Crippen LogP contribution in [0, 0.1) is 27.1 Å². The van der Waals surface area contributed by atoms with E-state index in [0.29, 0.717) is 6.54 Å².